The van der Waals surface area contributed by atoms with Crippen LogP contribution in [-0.4, -0.2) is 12.5 Å². The van der Waals surface area contributed by atoms with Crippen LogP contribution in [0.2, 0.25) is 0 Å². The molecular formula is C14H20ClN2O+. The zero-order valence-corrected chi connectivity index (χ0v) is 12.2. The summed E-state index contributed by atoms with van der Waals surface area (Å²) < 4.78 is 5.69. The lowest BCUT2D eigenvalue weighted by Crippen LogP contribution is -2.04. The molecule has 18 heavy (non-hydrogen) atoms. The number of alkyl halides is 1. The Kier molecular flexibility index (Phi) is 5.43. The van der Waals surface area contributed by atoms with E-state index >= 15 is 0 Å². The summed E-state index contributed by atoms with van der Waals surface area (Å²) in [6.45, 7) is 8.65. The van der Waals surface area contributed by atoms with Crippen molar-refractivity contribution in [3.05, 3.63) is 27.7 Å². The second kappa shape index (κ2) is 6.61. The average molecular weight is 268 g/mol. The molecule has 0 heterocycles. The van der Waals surface area contributed by atoms with Crippen molar-refractivity contribution in [3.63, 3.8) is 0 Å². The highest BCUT2D eigenvalue weighted by atomic mass is 35.5. The molecule has 0 fully saturated rings. The van der Waals surface area contributed by atoms with Crippen LogP contribution in [0.15, 0.2) is 6.07 Å². The molecule has 0 saturated heterocycles. The quantitative estimate of drug-likeness (QED) is 0.568. The Morgan fingerprint density at radius 1 is 1.44 bits per heavy atom. The van der Waals surface area contributed by atoms with Crippen molar-refractivity contribution in [3.8, 4) is 5.75 Å². The Morgan fingerprint density at radius 3 is 2.56 bits per heavy atom. The third-order valence-electron chi connectivity index (χ3n) is 3.08. The molecule has 0 amide bonds. The summed E-state index contributed by atoms with van der Waals surface area (Å²) in [5, 5.41) is 9.20. The Hall–Kier alpha value is -1.27. The monoisotopic (exact) mass is 267 g/mol. The first-order valence-corrected chi connectivity index (χ1v) is 6.80. The standard InChI is InChI=1S/C14H20ClN2O/c1-5-11-10(4)14(17-16)12(9(2)3)8-13(11)18-7-6-15/h8-9H,5-7H2,1-4H3/q+1. The molecule has 0 aliphatic carbocycles. The topological polar surface area (TPSA) is 37.4 Å². The third kappa shape index (κ3) is 2.94. The smallest absolute Gasteiger partial charge is 0.391 e. The van der Waals surface area contributed by atoms with E-state index in [2.05, 4.69) is 25.7 Å². The average Bonchev–Trinajstić information content (AvgIpc) is 2.35. The van der Waals surface area contributed by atoms with Gasteiger partial charge in [0.25, 0.3) is 0 Å². The largest absolute Gasteiger partial charge is 0.492 e. The van der Waals surface area contributed by atoms with Crippen molar-refractivity contribution in [2.45, 2.75) is 40.0 Å². The van der Waals surface area contributed by atoms with E-state index in [0.717, 1.165) is 28.9 Å². The Labute approximate surface area is 114 Å². The fourth-order valence-corrected chi connectivity index (χ4v) is 2.21. The zero-order valence-electron chi connectivity index (χ0n) is 11.5. The number of halogens is 1. The van der Waals surface area contributed by atoms with Crippen LogP contribution in [0.3, 0.4) is 0 Å². The molecule has 0 aliphatic rings. The van der Waals surface area contributed by atoms with Crippen LogP contribution in [0.1, 0.15) is 43.4 Å². The number of ether oxygens (including phenoxy) is 1. The number of rotatable bonds is 5. The van der Waals surface area contributed by atoms with Gasteiger partial charge in [-0.3, -0.25) is 0 Å². The number of hydrogen-bond donors (Lipinski definition) is 0. The Balaban J connectivity index is 3.39. The summed E-state index contributed by atoms with van der Waals surface area (Å²) in [6, 6.07) is 1.97. The molecule has 0 atom stereocenters. The number of hydrogen-bond acceptors (Lipinski definition) is 2. The zero-order chi connectivity index (χ0) is 13.7. The molecule has 0 aromatic heterocycles. The van der Waals surface area contributed by atoms with E-state index in [9.17, 15) is 5.39 Å². The Morgan fingerprint density at radius 2 is 2.11 bits per heavy atom. The Bertz CT molecular complexity index is 464. The van der Waals surface area contributed by atoms with Gasteiger partial charge in [0.15, 0.2) is 4.98 Å². The molecule has 0 N–H and O–H groups in total. The maximum absolute atomic E-state index is 9.20. The van der Waals surface area contributed by atoms with Crippen molar-refractivity contribution in [1.82, 2.24) is 0 Å². The van der Waals surface area contributed by atoms with Crippen LogP contribution in [0, 0.1) is 12.3 Å². The summed E-state index contributed by atoms with van der Waals surface area (Å²) in [4.78, 5) is 3.44. The van der Waals surface area contributed by atoms with Gasteiger partial charge in [-0.1, -0.05) is 20.8 Å². The molecule has 98 valence electrons. The van der Waals surface area contributed by atoms with Crippen molar-refractivity contribution in [1.29, 1.82) is 5.39 Å². The number of nitrogens with zero attached hydrogens (tertiary/aromatic N) is 2. The fraction of sp³-hybridized carbons (Fsp3) is 0.571. The van der Waals surface area contributed by atoms with Crippen molar-refractivity contribution in [2.75, 3.05) is 12.5 Å². The van der Waals surface area contributed by atoms with Gasteiger partial charge in [-0.05, 0) is 25.3 Å². The highest BCUT2D eigenvalue weighted by molar-refractivity contribution is 6.18. The first kappa shape index (κ1) is 14.8. The van der Waals surface area contributed by atoms with E-state index in [0.29, 0.717) is 18.2 Å². The highest BCUT2D eigenvalue weighted by Crippen LogP contribution is 2.38. The van der Waals surface area contributed by atoms with Crippen LogP contribution < -0.4 is 4.74 Å². The minimum absolute atomic E-state index is 0.277. The van der Waals surface area contributed by atoms with Crippen LogP contribution in [0.5, 0.6) is 5.75 Å². The highest BCUT2D eigenvalue weighted by Gasteiger charge is 2.25. The molecule has 1 rings (SSSR count). The lowest BCUT2D eigenvalue weighted by molar-refractivity contribution is 0.338. The molecular weight excluding hydrogens is 248 g/mol. The van der Waals surface area contributed by atoms with Gasteiger partial charge < -0.3 is 4.74 Å². The molecule has 0 aliphatic heterocycles. The van der Waals surface area contributed by atoms with E-state index in [1.165, 1.54) is 0 Å². The van der Waals surface area contributed by atoms with Crippen molar-refractivity contribution < 1.29 is 4.74 Å². The minimum Gasteiger partial charge on any atom is -0.492 e. The van der Waals surface area contributed by atoms with Gasteiger partial charge in [-0.25, -0.2) is 0 Å². The molecule has 3 nitrogen and oxygen atoms in total. The van der Waals surface area contributed by atoms with Gasteiger partial charge in [-0.15, -0.1) is 11.6 Å². The molecule has 0 spiro atoms. The first-order chi connectivity index (χ1) is 8.56. The van der Waals surface area contributed by atoms with E-state index in [1.54, 1.807) is 0 Å². The van der Waals surface area contributed by atoms with Crippen LogP contribution in [0.4, 0.5) is 5.69 Å². The van der Waals surface area contributed by atoms with E-state index in [-0.39, 0.29) is 5.92 Å². The maximum Gasteiger partial charge on any atom is 0.391 e. The molecule has 0 unspecified atom stereocenters. The summed E-state index contributed by atoms with van der Waals surface area (Å²) >= 11 is 5.66. The second-order valence-electron chi connectivity index (χ2n) is 4.56. The van der Waals surface area contributed by atoms with Crippen LogP contribution in [0.25, 0.3) is 4.98 Å². The predicted molar refractivity (Wildman–Crippen MR) is 75.6 cm³/mol. The van der Waals surface area contributed by atoms with Gasteiger partial charge in [0.2, 0.25) is 5.39 Å². The lowest BCUT2D eigenvalue weighted by Gasteiger charge is -2.14. The second-order valence-corrected chi connectivity index (χ2v) is 4.94. The van der Waals surface area contributed by atoms with Crippen LogP contribution in [-0.2, 0) is 6.42 Å². The van der Waals surface area contributed by atoms with Gasteiger partial charge >= 0.3 is 5.69 Å². The summed E-state index contributed by atoms with van der Waals surface area (Å²) in [5.74, 6) is 1.59. The summed E-state index contributed by atoms with van der Waals surface area (Å²) in [7, 11) is 0. The summed E-state index contributed by atoms with van der Waals surface area (Å²) in [6.07, 6.45) is 0.838. The molecule has 0 saturated carbocycles. The SMILES string of the molecule is CCc1c(OCCCl)cc(C(C)C)c([N+]#N)c1C. The van der Waals surface area contributed by atoms with E-state index in [4.69, 9.17) is 16.3 Å². The predicted octanol–water partition coefficient (Wildman–Crippen LogP) is 4.78. The molecule has 1 aromatic rings. The lowest BCUT2D eigenvalue weighted by atomic mass is 9.93. The third-order valence-corrected chi connectivity index (χ3v) is 3.23. The fourth-order valence-electron chi connectivity index (χ4n) is 2.13. The van der Waals surface area contributed by atoms with Gasteiger partial charge in [-0.2, -0.15) is 0 Å². The van der Waals surface area contributed by atoms with Crippen molar-refractivity contribution in [2.24, 2.45) is 0 Å². The van der Waals surface area contributed by atoms with Gasteiger partial charge in [0.1, 0.15) is 12.4 Å². The van der Waals surface area contributed by atoms with E-state index in [1.807, 2.05) is 13.0 Å². The van der Waals surface area contributed by atoms with E-state index < -0.39 is 0 Å². The molecule has 0 radical (unpaired) electrons. The molecule has 1 aromatic carbocycles. The summed E-state index contributed by atoms with van der Waals surface area (Å²) in [5.41, 5.74) is 3.73. The van der Waals surface area contributed by atoms with Crippen LogP contribution >= 0.6 is 11.6 Å². The number of benzene rings is 1. The van der Waals surface area contributed by atoms with Gasteiger partial charge in [0.05, 0.1) is 17.0 Å². The van der Waals surface area contributed by atoms with Crippen molar-refractivity contribution >= 4 is 17.3 Å². The molecule has 0 bridgehead atoms. The number of diazo groups is 1. The molecule has 4 heteroatoms. The normalized spacial score (nSPS) is 10.5. The first-order valence-electron chi connectivity index (χ1n) is 6.27. The minimum atomic E-state index is 0.277. The van der Waals surface area contributed by atoms with Gasteiger partial charge in [0, 0.05) is 5.56 Å². The maximum atomic E-state index is 9.20.